The summed E-state index contributed by atoms with van der Waals surface area (Å²) in [7, 11) is 0. The zero-order valence-electron chi connectivity index (χ0n) is 22.8. The Bertz CT molecular complexity index is 1490. The monoisotopic (exact) mass is 610 g/mol. The van der Waals surface area contributed by atoms with E-state index in [0.717, 1.165) is 13.8 Å². The van der Waals surface area contributed by atoms with Crippen molar-refractivity contribution in [2.75, 3.05) is 10.6 Å². The molecule has 0 aliphatic carbocycles. The molecule has 2 N–H and O–H groups in total. The number of anilines is 2. The number of nitrogens with zero attached hydrogens (tertiary/aromatic N) is 4. The van der Waals surface area contributed by atoms with Gasteiger partial charge >= 0.3 is 37.7 Å². The first-order chi connectivity index (χ1) is 20.0. The van der Waals surface area contributed by atoms with Gasteiger partial charge in [0.1, 0.15) is 0 Å². The molecule has 0 radical (unpaired) electrons. The minimum absolute atomic E-state index is 0. The molecule has 0 saturated carbocycles. The molecule has 15 heteroatoms. The van der Waals surface area contributed by atoms with Crippen LogP contribution < -0.4 is 20.8 Å². The first-order valence-electron chi connectivity index (χ1n) is 12.1. The number of azo groups is 2. The van der Waals surface area contributed by atoms with Crippen LogP contribution in [0.3, 0.4) is 0 Å². The number of carboxylic acids is 2. The van der Waals surface area contributed by atoms with E-state index >= 15 is 0 Å². The number of ketones is 2. The molecule has 0 bridgehead atoms. The van der Waals surface area contributed by atoms with Crippen molar-refractivity contribution >= 4 is 95.8 Å². The second-order valence-electron chi connectivity index (χ2n) is 8.62. The standard InChI is InChI=1S/C28H24N6O8.Ca/c1-15(35)23(33-31-21-9-5-3-7-19(21)27(39)40)25(37)29-17-11-13-18(14-12-17)30-26(38)24(16(2)36)34-32-22-10-6-4-8-20(22)28(41)42;/h3-14,23-24H,1-2H3,(H,29,37)(H,30,38)(H,39,40)(H,41,42);/q;+2/p-2. The molecule has 0 spiro atoms. The summed E-state index contributed by atoms with van der Waals surface area (Å²) < 4.78 is 0. The number of rotatable bonds is 12. The molecule has 214 valence electrons. The molecule has 2 atom stereocenters. The van der Waals surface area contributed by atoms with E-state index in [0.29, 0.717) is 0 Å². The molecule has 3 aromatic carbocycles. The zero-order valence-corrected chi connectivity index (χ0v) is 25.1. The fourth-order valence-corrected chi connectivity index (χ4v) is 3.40. The van der Waals surface area contributed by atoms with Crippen LogP contribution in [0.25, 0.3) is 0 Å². The molecule has 0 heterocycles. The molecule has 3 aromatic rings. The van der Waals surface area contributed by atoms with Crippen molar-refractivity contribution in [2.24, 2.45) is 20.5 Å². The van der Waals surface area contributed by atoms with Crippen LogP contribution in [-0.4, -0.2) is 85.1 Å². The van der Waals surface area contributed by atoms with Crippen LogP contribution >= 0.6 is 0 Å². The quantitative estimate of drug-likeness (QED) is 0.173. The van der Waals surface area contributed by atoms with Gasteiger partial charge in [-0.15, -0.1) is 0 Å². The zero-order chi connectivity index (χ0) is 30.8. The van der Waals surface area contributed by atoms with E-state index in [1.807, 2.05) is 0 Å². The van der Waals surface area contributed by atoms with Gasteiger partial charge in [-0.05, 0) is 50.2 Å². The number of hydrogen-bond acceptors (Lipinski definition) is 12. The Balaban J connectivity index is 0.00000645. The first-order valence-corrected chi connectivity index (χ1v) is 12.1. The average Bonchev–Trinajstić information content (AvgIpc) is 2.94. The second kappa shape index (κ2) is 16.1. The molecule has 3 rings (SSSR count). The number of carbonyl (C=O) groups excluding carboxylic acids is 6. The number of nitrogens with one attached hydrogen (secondary N) is 2. The molecule has 0 aliphatic heterocycles. The van der Waals surface area contributed by atoms with Crippen LogP contribution in [0.2, 0.25) is 0 Å². The van der Waals surface area contributed by atoms with E-state index < -0.39 is 47.4 Å². The Hall–Kier alpha value is -4.66. The molecule has 2 unspecified atom stereocenters. The number of carboxylic acid groups (broad SMARTS) is 2. The Morgan fingerprint density at radius 1 is 0.581 bits per heavy atom. The van der Waals surface area contributed by atoms with Gasteiger partial charge in [0.15, 0.2) is 11.6 Å². The summed E-state index contributed by atoms with van der Waals surface area (Å²) in [6.07, 6.45) is 0. The maximum atomic E-state index is 12.7. The predicted molar refractivity (Wildman–Crippen MR) is 149 cm³/mol. The predicted octanol–water partition coefficient (Wildman–Crippen LogP) is 1.39. The van der Waals surface area contributed by atoms with E-state index in [9.17, 15) is 39.0 Å². The molecular formula is C28H22CaN6O8. The normalized spacial score (nSPS) is 12.1. The number of aromatic carboxylic acids is 2. The molecule has 0 aliphatic rings. The van der Waals surface area contributed by atoms with E-state index in [4.69, 9.17) is 0 Å². The van der Waals surface area contributed by atoms with Gasteiger partial charge in [-0.3, -0.25) is 19.2 Å². The summed E-state index contributed by atoms with van der Waals surface area (Å²) in [4.78, 5) is 71.9. The van der Waals surface area contributed by atoms with Crippen molar-refractivity contribution in [3.05, 3.63) is 83.9 Å². The number of Topliss-reactive ketones (excluding diaryl/α,β-unsaturated/α-hetero) is 2. The molecule has 43 heavy (non-hydrogen) atoms. The summed E-state index contributed by atoms with van der Waals surface area (Å²) >= 11 is 0. The van der Waals surface area contributed by atoms with E-state index in [-0.39, 0.29) is 71.6 Å². The van der Waals surface area contributed by atoms with Crippen molar-refractivity contribution < 1.29 is 39.0 Å². The minimum Gasteiger partial charge on any atom is -0.545 e. The third-order valence-electron chi connectivity index (χ3n) is 5.50. The fourth-order valence-electron chi connectivity index (χ4n) is 3.40. The first kappa shape index (κ1) is 34.5. The summed E-state index contributed by atoms with van der Waals surface area (Å²) in [5.41, 5.74) is -0.284. The Kier molecular flexibility index (Phi) is 12.9. The average molecular weight is 611 g/mol. The van der Waals surface area contributed by atoms with Gasteiger partial charge in [-0.2, -0.15) is 20.5 Å². The molecular weight excluding hydrogens is 588 g/mol. The molecule has 14 nitrogen and oxygen atoms in total. The number of carbonyl (C=O) groups is 6. The van der Waals surface area contributed by atoms with Gasteiger partial charge in [-0.25, -0.2) is 0 Å². The number of hydrogen-bond donors (Lipinski definition) is 2. The molecule has 0 aromatic heterocycles. The van der Waals surface area contributed by atoms with Crippen LogP contribution in [0.5, 0.6) is 0 Å². The number of amides is 2. The summed E-state index contributed by atoms with van der Waals surface area (Å²) in [6.45, 7) is 2.24. The Morgan fingerprint density at radius 3 is 1.21 bits per heavy atom. The van der Waals surface area contributed by atoms with Crippen molar-refractivity contribution in [3.63, 3.8) is 0 Å². The topological polar surface area (TPSA) is 222 Å². The maximum absolute atomic E-state index is 12.7. The van der Waals surface area contributed by atoms with Crippen LogP contribution in [0.1, 0.15) is 34.6 Å². The van der Waals surface area contributed by atoms with Crippen LogP contribution in [0, 0.1) is 0 Å². The van der Waals surface area contributed by atoms with E-state index in [1.54, 1.807) is 0 Å². The van der Waals surface area contributed by atoms with Crippen molar-refractivity contribution in [1.82, 2.24) is 0 Å². The molecule has 2 amide bonds. The SMILES string of the molecule is CC(=O)C(N=Nc1ccccc1C(=O)[O-])C(=O)Nc1ccc(NC(=O)C(N=Nc2ccccc2C(=O)[O-])C(C)=O)cc1.[Ca+2]. The second-order valence-corrected chi connectivity index (χ2v) is 8.62. The third kappa shape index (κ3) is 9.70. The van der Waals surface area contributed by atoms with Crippen molar-refractivity contribution in [3.8, 4) is 0 Å². The maximum Gasteiger partial charge on any atom is 2.00 e. The summed E-state index contributed by atoms with van der Waals surface area (Å²) in [6, 6.07) is 13.5. The smallest absolute Gasteiger partial charge is 0.545 e. The largest absolute Gasteiger partial charge is 2.00 e. The van der Waals surface area contributed by atoms with E-state index in [2.05, 4.69) is 31.1 Å². The third-order valence-corrected chi connectivity index (χ3v) is 5.50. The van der Waals surface area contributed by atoms with Crippen LogP contribution in [0.4, 0.5) is 22.7 Å². The van der Waals surface area contributed by atoms with Crippen LogP contribution in [0.15, 0.2) is 93.3 Å². The van der Waals surface area contributed by atoms with Gasteiger partial charge in [0.2, 0.25) is 12.1 Å². The molecule has 0 saturated heterocycles. The Morgan fingerprint density at radius 2 is 0.907 bits per heavy atom. The van der Waals surface area contributed by atoms with Gasteiger partial charge in [0, 0.05) is 22.5 Å². The van der Waals surface area contributed by atoms with Gasteiger partial charge < -0.3 is 30.4 Å². The van der Waals surface area contributed by atoms with E-state index in [1.165, 1.54) is 72.8 Å². The van der Waals surface area contributed by atoms with Crippen molar-refractivity contribution in [1.29, 1.82) is 0 Å². The minimum atomic E-state index is -1.58. The van der Waals surface area contributed by atoms with Crippen molar-refractivity contribution in [2.45, 2.75) is 25.9 Å². The summed E-state index contributed by atoms with van der Waals surface area (Å²) in [5.74, 6) is -6.00. The van der Waals surface area contributed by atoms with Gasteiger partial charge in [0.25, 0.3) is 11.8 Å². The fraction of sp³-hybridized carbons (Fsp3) is 0.143. The van der Waals surface area contributed by atoms with Crippen LogP contribution in [-0.2, 0) is 19.2 Å². The molecule has 0 fully saturated rings. The number of benzene rings is 3. The van der Waals surface area contributed by atoms with Gasteiger partial charge in [-0.1, -0.05) is 36.4 Å². The van der Waals surface area contributed by atoms with Gasteiger partial charge in [0.05, 0.1) is 23.3 Å². The Labute approximate surface area is 274 Å². The summed E-state index contributed by atoms with van der Waals surface area (Å²) in [5, 5.41) is 42.3.